The second-order valence-electron chi connectivity index (χ2n) is 9.30. The van der Waals surface area contributed by atoms with Gasteiger partial charge in [-0.15, -0.1) is 11.3 Å². The summed E-state index contributed by atoms with van der Waals surface area (Å²) in [5.74, 6) is -0.251. The largest absolute Gasteiger partial charge is 0.338 e. The summed E-state index contributed by atoms with van der Waals surface area (Å²) in [4.78, 5) is 33.2. The van der Waals surface area contributed by atoms with Crippen LogP contribution in [-0.2, 0) is 11.2 Å². The molecular formula is C27H28ClFN4O2S. The van der Waals surface area contributed by atoms with E-state index in [4.69, 9.17) is 11.6 Å². The molecule has 0 spiro atoms. The minimum Gasteiger partial charge on any atom is -0.338 e. The molecule has 0 aliphatic carbocycles. The molecule has 0 radical (unpaired) electrons. The van der Waals surface area contributed by atoms with E-state index in [9.17, 15) is 14.0 Å². The molecule has 2 aliphatic heterocycles. The van der Waals surface area contributed by atoms with Gasteiger partial charge in [0.1, 0.15) is 5.82 Å². The second-order valence-corrected chi connectivity index (χ2v) is 10.7. The standard InChI is InChI=1S/C27H28ClFN4O2S/c1-18-16-31(11-12-33(18)27(35)30-22-7-3-5-20(28)15-22)25(34)17-32-10-8-24-23(9-13-36-24)26(32)19-4-2-6-21(29)14-19/h2-7,9,13-15,18,26H,8,10-12,16-17H2,1H3,(H,30,35). The van der Waals surface area contributed by atoms with E-state index in [-0.39, 0.29) is 36.4 Å². The van der Waals surface area contributed by atoms with Crippen LogP contribution in [0.15, 0.2) is 60.0 Å². The molecule has 1 fully saturated rings. The number of hydrogen-bond donors (Lipinski definition) is 1. The molecule has 1 N–H and O–H groups in total. The van der Waals surface area contributed by atoms with E-state index < -0.39 is 0 Å². The van der Waals surface area contributed by atoms with Gasteiger partial charge in [0.25, 0.3) is 0 Å². The summed E-state index contributed by atoms with van der Waals surface area (Å²) in [6.07, 6.45) is 0.875. The summed E-state index contributed by atoms with van der Waals surface area (Å²) in [6.45, 7) is 4.31. The number of amides is 3. The lowest BCUT2D eigenvalue weighted by Crippen LogP contribution is -2.58. The number of rotatable bonds is 4. The lowest BCUT2D eigenvalue weighted by Gasteiger charge is -2.41. The molecule has 1 aromatic heterocycles. The molecule has 2 aromatic carbocycles. The average Bonchev–Trinajstić information content (AvgIpc) is 3.32. The number of nitrogens with one attached hydrogen (secondary N) is 1. The van der Waals surface area contributed by atoms with E-state index in [0.29, 0.717) is 30.3 Å². The first-order chi connectivity index (χ1) is 17.4. The number of piperazine rings is 1. The van der Waals surface area contributed by atoms with Gasteiger partial charge in [-0.1, -0.05) is 29.8 Å². The van der Waals surface area contributed by atoms with E-state index in [1.54, 1.807) is 52.6 Å². The molecule has 2 atom stereocenters. The van der Waals surface area contributed by atoms with Crippen LogP contribution in [0.3, 0.4) is 0 Å². The van der Waals surface area contributed by atoms with E-state index >= 15 is 0 Å². The van der Waals surface area contributed by atoms with Gasteiger partial charge in [-0.05, 0) is 66.2 Å². The topological polar surface area (TPSA) is 55.9 Å². The molecule has 2 unspecified atom stereocenters. The number of anilines is 1. The van der Waals surface area contributed by atoms with Gasteiger partial charge in [-0.3, -0.25) is 9.69 Å². The lowest BCUT2D eigenvalue weighted by molar-refractivity contribution is -0.135. The van der Waals surface area contributed by atoms with Gasteiger partial charge in [0, 0.05) is 47.8 Å². The Hall–Kier alpha value is -2.94. The van der Waals surface area contributed by atoms with Crippen molar-refractivity contribution in [2.45, 2.75) is 25.4 Å². The van der Waals surface area contributed by atoms with Crippen molar-refractivity contribution >= 4 is 40.6 Å². The highest BCUT2D eigenvalue weighted by molar-refractivity contribution is 7.10. The number of hydrogen-bond acceptors (Lipinski definition) is 4. The summed E-state index contributed by atoms with van der Waals surface area (Å²) in [6, 6.07) is 15.3. The van der Waals surface area contributed by atoms with E-state index in [1.807, 2.05) is 17.9 Å². The molecule has 5 rings (SSSR count). The first-order valence-electron chi connectivity index (χ1n) is 12.1. The van der Waals surface area contributed by atoms with Crippen LogP contribution >= 0.6 is 22.9 Å². The monoisotopic (exact) mass is 526 g/mol. The Morgan fingerprint density at radius 3 is 2.72 bits per heavy atom. The predicted octanol–water partition coefficient (Wildman–Crippen LogP) is 5.25. The summed E-state index contributed by atoms with van der Waals surface area (Å²) in [7, 11) is 0. The number of benzene rings is 2. The van der Waals surface area contributed by atoms with Crippen LogP contribution in [0.2, 0.25) is 5.02 Å². The molecular weight excluding hydrogens is 499 g/mol. The number of nitrogens with zero attached hydrogens (tertiary/aromatic N) is 3. The number of carbonyl (C=O) groups is 2. The predicted molar refractivity (Wildman–Crippen MR) is 141 cm³/mol. The normalized spacial score (nSPS) is 20.2. The van der Waals surface area contributed by atoms with Gasteiger partial charge in [-0.2, -0.15) is 0 Å². The first-order valence-corrected chi connectivity index (χ1v) is 13.3. The molecule has 36 heavy (non-hydrogen) atoms. The van der Waals surface area contributed by atoms with Gasteiger partial charge in [0.05, 0.1) is 12.6 Å². The molecule has 6 nitrogen and oxygen atoms in total. The second kappa shape index (κ2) is 10.6. The Kier molecular flexibility index (Phi) is 7.27. The Bertz CT molecular complexity index is 1270. The third-order valence-electron chi connectivity index (χ3n) is 6.89. The van der Waals surface area contributed by atoms with Crippen molar-refractivity contribution in [3.05, 3.63) is 86.8 Å². The van der Waals surface area contributed by atoms with E-state index in [2.05, 4.69) is 21.7 Å². The SMILES string of the molecule is CC1CN(C(=O)CN2CCc3sccc3C2c2cccc(F)c2)CCN1C(=O)Nc1cccc(Cl)c1. The van der Waals surface area contributed by atoms with Crippen LogP contribution in [0.4, 0.5) is 14.9 Å². The van der Waals surface area contributed by atoms with Crippen molar-refractivity contribution < 1.29 is 14.0 Å². The zero-order valence-electron chi connectivity index (χ0n) is 20.0. The fraction of sp³-hybridized carbons (Fsp3) is 0.333. The Morgan fingerprint density at radius 1 is 1.11 bits per heavy atom. The Morgan fingerprint density at radius 2 is 1.94 bits per heavy atom. The molecule has 3 amide bonds. The number of fused-ring (bicyclic) bond motifs is 1. The highest BCUT2D eigenvalue weighted by atomic mass is 35.5. The maximum atomic E-state index is 14.1. The van der Waals surface area contributed by atoms with Crippen molar-refractivity contribution in [2.75, 3.05) is 38.0 Å². The zero-order chi connectivity index (χ0) is 25.2. The fourth-order valence-corrected chi connectivity index (χ4v) is 6.22. The Labute approximate surface area is 219 Å². The van der Waals surface area contributed by atoms with Crippen LogP contribution < -0.4 is 5.32 Å². The van der Waals surface area contributed by atoms with Gasteiger partial charge in [-0.25, -0.2) is 9.18 Å². The number of thiophene rings is 1. The molecule has 3 aromatic rings. The van der Waals surface area contributed by atoms with Crippen molar-refractivity contribution in [1.29, 1.82) is 0 Å². The number of urea groups is 1. The van der Waals surface area contributed by atoms with E-state index in [0.717, 1.165) is 24.1 Å². The van der Waals surface area contributed by atoms with Crippen LogP contribution in [0, 0.1) is 5.82 Å². The van der Waals surface area contributed by atoms with Crippen molar-refractivity contribution in [1.82, 2.24) is 14.7 Å². The van der Waals surface area contributed by atoms with Gasteiger partial charge >= 0.3 is 6.03 Å². The summed E-state index contributed by atoms with van der Waals surface area (Å²) in [5.41, 5.74) is 2.65. The van der Waals surface area contributed by atoms with Gasteiger partial charge in [0.2, 0.25) is 5.91 Å². The van der Waals surface area contributed by atoms with Crippen molar-refractivity contribution in [2.24, 2.45) is 0 Å². The molecule has 188 valence electrons. The third-order valence-corrected chi connectivity index (χ3v) is 8.12. The fourth-order valence-electron chi connectivity index (χ4n) is 5.13. The summed E-state index contributed by atoms with van der Waals surface area (Å²) >= 11 is 7.74. The quantitative estimate of drug-likeness (QED) is 0.505. The molecule has 0 bridgehead atoms. The minimum atomic E-state index is -0.276. The maximum Gasteiger partial charge on any atom is 0.322 e. The maximum absolute atomic E-state index is 14.1. The molecule has 3 heterocycles. The van der Waals surface area contributed by atoms with Crippen LogP contribution in [0.5, 0.6) is 0 Å². The Balaban J connectivity index is 1.24. The molecule has 1 saturated heterocycles. The van der Waals surface area contributed by atoms with Crippen LogP contribution in [0.1, 0.15) is 29.0 Å². The average molecular weight is 527 g/mol. The summed E-state index contributed by atoms with van der Waals surface area (Å²) in [5, 5.41) is 5.51. The highest BCUT2D eigenvalue weighted by Gasteiger charge is 2.34. The molecule has 2 aliphatic rings. The summed E-state index contributed by atoms with van der Waals surface area (Å²) < 4.78 is 14.1. The van der Waals surface area contributed by atoms with Crippen molar-refractivity contribution in [3.63, 3.8) is 0 Å². The van der Waals surface area contributed by atoms with E-state index in [1.165, 1.54) is 10.9 Å². The highest BCUT2D eigenvalue weighted by Crippen LogP contribution is 2.37. The van der Waals surface area contributed by atoms with Gasteiger partial charge < -0.3 is 15.1 Å². The number of carbonyl (C=O) groups excluding carboxylic acids is 2. The third kappa shape index (κ3) is 5.26. The smallest absolute Gasteiger partial charge is 0.322 e. The van der Waals surface area contributed by atoms with Crippen molar-refractivity contribution in [3.8, 4) is 0 Å². The zero-order valence-corrected chi connectivity index (χ0v) is 21.6. The lowest BCUT2D eigenvalue weighted by atomic mass is 9.93. The first kappa shape index (κ1) is 24.7. The number of halogens is 2. The molecule has 0 saturated carbocycles. The van der Waals surface area contributed by atoms with Gasteiger partial charge in [0.15, 0.2) is 0 Å². The minimum absolute atomic E-state index is 0.0248. The van der Waals surface area contributed by atoms with Crippen LogP contribution in [-0.4, -0.2) is 65.4 Å². The molecule has 9 heteroatoms. The van der Waals surface area contributed by atoms with Crippen LogP contribution in [0.25, 0.3) is 0 Å².